The molecule has 0 aliphatic heterocycles. The third-order valence-electron chi connectivity index (χ3n) is 3.89. The summed E-state index contributed by atoms with van der Waals surface area (Å²) in [6, 6.07) is 18.5. The van der Waals surface area contributed by atoms with Gasteiger partial charge < -0.3 is 4.90 Å². The van der Waals surface area contributed by atoms with Crippen molar-refractivity contribution in [3.8, 4) is 0 Å². The summed E-state index contributed by atoms with van der Waals surface area (Å²) < 4.78 is 26.6. The summed E-state index contributed by atoms with van der Waals surface area (Å²) in [5.41, 5.74) is 1.78. The largest absolute Gasteiger partial charge is 0.377 e. The zero-order valence-corrected chi connectivity index (χ0v) is 17.3. The van der Waals surface area contributed by atoms with Crippen LogP contribution in [-0.2, 0) is 10.0 Å². The molecule has 5 nitrogen and oxygen atoms in total. The molecule has 3 aromatic rings. The third kappa shape index (κ3) is 3.99. The van der Waals surface area contributed by atoms with E-state index in [1.165, 1.54) is 6.21 Å². The van der Waals surface area contributed by atoms with Crippen LogP contribution in [0.1, 0.15) is 5.56 Å². The van der Waals surface area contributed by atoms with Crippen LogP contribution in [0.15, 0.2) is 70.7 Å². The summed E-state index contributed by atoms with van der Waals surface area (Å²) in [6.45, 7) is 0. The molecule has 7 heteroatoms. The summed E-state index contributed by atoms with van der Waals surface area (Å²) in [5, 5.41) is 5.45. The van der Waals surface area contributed by atoms with Gasteiger partial charge in [-0.15, -0.1) is 0 Å². The van der Waals surface area contributed by atoms with Crippen LogP contribution in [0.5, 0.6) is 0 Å². The number of benzene rings is 3. The van der Waals surface area contributed by atoms with Gasteiger partial charge in [-0.3, -0.25) is 0 Å². The second-order valence-electron chi connectivity index (χ2n) is 5.93. The second-order valence-corrected chi connectivity index (χ2v) is 8.80. The Balaban J connectivity index is 1.94. The average molecular weight is 479 g/mol. The molecule has 3 rings (SSSR count). The highest BCUT2D eigenvalue weighted by Crippen LogP contribution is 2.30. The molecule has 0 unspecified atom stereocenters. The summed E-state index contributed by atoms with van der Waals surface area (Å²) >= 11 is 2.21. The van der Waals surface area contributed by atoms with E-state index >= 15 is 0 Å². The Morgan fingerprint density at radius 3 is 2.31 bits per heavy atom. The summed E-state index contributed by atoms with van der Waals surface area (Å²) in [7, 11) is 0.0846. The zero-order chi connectivity index (χ0) is 18.7. The van der Waals surface area contributed by atoms with Gasteiger partial charge in [0.2, 0.25) is 0 Å². The lowest BCUT2D eigenvalue weighted by atomic mass is 10.1. The van der Waals surface area contributed by atoms with Gasteiger partial charge in [0.15, 0.2) is 0 Å². The van der Waals surface area contributed by atoms with Crippen molar-refractivity contribution in [1.29, 1.82) is 0 Å². The van der Waals surface area contributed by atoms with Crippen molar-refractivity contribution in [3.63, 3.8) is 0 Å². The van der Waals surface area contributed by atoms with Crippen LogP contribution in [0.2, 0.25) is 0 Å². The number of hydrogen-bond acceptors (Lipinski definition) is 4. The maximum absolute atomic E-state index is 12.7. The number of hydrogen-bond donors (Lipinski definition) is 1. The number of anilines is 1. The summed E-state index contributed by atoms with van der Waals surface area (Å²) in [4.78, 5) is 4.47. The molecular formula is C19H18IN3O2S. The molecule has 0 radical (unpaired) electrons. The first-order valence-corrected chi connectivity index (χ1v) is 10.4. The van der Waals surface area contributed by atoms with E-state index in [0.29, 0.717) is 5.39 Å². The molecular weight excluding hydrogens is 461 g/mol. The molecule has 0 aliphatic rings. The van der Waals surface area contributed by atoms with Crippen LogP contribution >= 0.6 is 22.6 Å². The van der Waals surface area contributed by atoms with Gasteiger partial charge in [0.25, 0.3) is 10.0 Å². The van der Waals surface area contributed by atoms with E-state index in [9.17, 15) is 8.42 Å². The van der Waals surface area contributed by atoms with Crippen LogP contribution in [-0.4, -0.2) is 28.7 Å². The van der Waals surface area contributed by atoms with Crippen LogP contribution in [0.4, 0.5) is 5.69 Å². The first kappa shape index (κ1) is 18.7. The molecule has 0 bridgehead atoms. The molecule has 0 amide bonds. The Labute approximate surface area is 166 Å². The van der Waals surface area contributed by atoms with Gasteiger partial charge in [0.1, 0.15) is 0 Å². The van der Waals surface area contributed by atoms with Gasteiger partial charge in [0, 0.05) is 34.1 Å². The smallest absolute Gasteiger partial charge is 0.277 e. The molecule has 0 aromatic heterocycles. The predicted octanol–water partition coefficient (Wildman–Crippen LogP) is 3.82. The molecule has 0 spiro atoms. The van der Waals surface area contributed by atoms with Crippen molar-refractivity contribution in [3.05, 3.63) is 69.8 Å². The van der Waals surface area contributed by atoms with Crippen molar-refractivity contribution in [2.45, 2.75) is 4.90 Å². The minimum Gasteiger partial charge on any atom is -0.377 e. The SMILES string of the molecule is CN(C)c1cccc2c(S(=O)(=O)N/N=C/c3ccc(I)cc3)cccc12. The number of halogens is 1. The molecule has 0 saturated heterocycles. The Bertz CT molecular complexity index is 1060. The van der Waals surface area contributed by atoms with Gasteiger partial charge in [-0.05, 0) is 52.4 Å². The van der Waals surface area contributed by atoms with E-state index < -0.39 is 10.0 Å². The van der Waals surface area contributed by atoms with Gasteiger partial charge in [0.05, 0.1) is 11.1 Å². The van der Waals surface area contributed by atoms with Crippen LogP contribution in [0.25, 0.3) is 10.8 Å². The molecule has 0 heterocycles. The number of fused-ring (bicyclic) bond motifs is 1. The first-order valence-electron chi connectivity index (χ1n) is 7.88. The van der Waals surface area contributed by atoms with Crippen molar-refractivity contribution in [2.24, 2.45) is 5.10 Å². The second kappa shape index (κ2) is 7.63. The normalized spacial score (nSPS) is 11.8. The standard InChI is InChI=1S/C19H18IN3O2S/c1-23(2)18-7-3-6-17-16(18)5-4-8-19(17)26(24,25)22-21-13-14-9-11-15(20)12-10-14/h3-13,22H,1-2H3/b21-13+. The lowest BCUT2D eigenvalue weighted by Crippen LogP contribution is -2.19. The number of nitrogens with one attached hydrogen (secondary N) is 1. The van der Waals surface area contributed by atoms with Gasteiger partial charge >= 0.3 is 0 Å². The van der Waals surface area contributed by atoms with Gasteiger partial charge in [-0.25, -0.2) is 4.83 Å². The maximum atomic E-state index is 12.7. The molecule has 0 fully saturated rings. The predicted molar refractivity (Wildman–Crippen MR) is 115 cm³/mol. The molecule has 26 heavy (non-hydrogen) atoms. The monoisotopic (exact) mass is 479 g/mol. The Morgan fingerprint density at radius 1 is 0.962 bits per heavy atom. The number of sulfonamides is 1. The van der Waals surface area contributed by atoms with Crippen molar-refractivity contribution in [1.82, 2.24) is 4.83 Å². The van der Waals surface area contributed by atoms with Crippen LogP contribution in [0.3, 0.4) is 0 Å². The maximum Gasteiger partial charge on any atom is 0.277 e. The Morgan fingerprint density at radius 2 is 1.62 bits per heavy atom. The lowest BCUT2D eigenvalue weighted by Gasteiger charge is -2.16. The highest BCUT2D eigenvalue weighted by atomic mass is 127. The first-order chi connectivity index (χ1) is 12.4. The van der Waals surface area contributed by atoms with E-state index in [1.807, 2.05) is 61.5 Å². The van der Waals surface area contributed by atoms with E-state index in [1.54, 1.807) is 18.2 Å². The van der Waals surface area contributed by atoms with E-state index in [2.05, 4.69) is 32.5 Å². The topological polar surface area (TPSA) is 61.8 Å². The summed E-state index contributed by atoms with van der Waals surface area (Å²) in [6.07, 6.45) is 1.49. The molecule has 1 N–H and O–H groups in total. The minimum atomic E-state index is -3.78. The van der Waals surface area contributed by atoms with Crippen molar-refractivity contribution < 1.29 is 8.42 Å². The highest BCUT2D eigenvalue weighted by Gasteiger charge is 2.17. The van der Waals surface area contributed by atoms with E-state index in [-0.39, 0.29) is 4.90 Å². The van der Waals surface area contributed by atoms with Gasteiger partial charge in [-0.2, -0.15) is 13.5 Å². The lowest BCUT2D eigenvalue weighted by molar-refractivity contribution is 0.585. The average Bonchev–Trinajstić information content (AvgIpc) is 2.62. The van der Waals surface area contributed by atoms with Gasteiger partial charge in [-0.1, -0.05) is 36.4 Å². The fourth-order valence-corrected chi connectivity index (χ4v) is 4.03. The fraction of sp³-hybridized carbons (Fsp3) is 0.105. The molecule has 0 aliphatic carbocycles. The van der Waals surface area contributed by atoms with Crippen molar-refractivity contribution >= 4 is 55.3 Å². The zero-order valence-electron chi connectivity index (χ0n) is 14.3. The van der Waals surface area contributed by atoms with Crippen LogP contribution in [0, 0.1) is 3.57 Å². The summed E-state index contributed by atoms with van der Waals surface area (Å²) in [5.74, 6) is 0. The third-order valence-corrected chi connectivity index (χ3v) is 5.89. The van der Waals surface area contributed by atoms with E-state index in [4.69, 9.17) is 0 Å². The number of rotatable bonds is 5. The highest BCUT2D eigenvalue weighted by molar-refractivity contribution is 14.1. The van der Waals surface area contributed by atoms with Crippen molar-refractivity contribution in [2.75, 3.05) is 19.0 Å². The quantitative estimate of drug-likeness (QED) is 0.344. The van der Waals surface area contributed by atoms with E-state index in [0.717, 1.165) is 20.2 Å². The minimum absolute atomic E-state index is 0.207. The Kier molecular flexibility index (Phi) is 5.47. The fourth-order valence-electron chi connectivity index (χ4n) is 2.66. The van der Waals surface area contributed by atoms with Crippen LogP contribution < -0.4 is 9.73 Å². The molecule has 3 aromatic carbocycles. The molecule has 0 atom stereocenters. The molecule has 134 valence electrons. The number of hydrazone groups is 1. The molecule has 0 saturated carbocycles. The number of nitrogens with zero attached hydrogens (tertiary/aromatic N) is 2. The Hall–Kier alpha value is -2.13.